The van der Waals surface area contributed by atoms with Crippen molar-refractivity contribution < 1.29 is 9.53 Å². The molecule has 1 atom stereocenters. The summed E-state index contributed by atoms with van der Waals surface area (Å²) in [4.78, 5) is 23.1. The van der Waals surface area contributed by atoms with Gasteiger partial charge in [-0.25, -0.2) is 9.78 Å². The standard InChI is InChI=1S/C18H24N4O2/c1-18(2,3)24-17(23)20-10-13-8-9-22(12-13)16-11-19-14-6-4-5-7-15(14)21-16/h4-7,11,13H,8-10,12H2,1-3H3,(H,20,23)/t13-/m0/s1. The lowest BCUT2D eigenvalue weighted by atomic mass is 10.1. The molecule has 1 aliphatic heterocycles. The van der Waals surface area contributed by atoms with Gasteiger partial charge in [-0.05, 0) is 45.2 Å². The van der Waals surface area contributed by atoms with Crippen molar-refractivity contribution in [2.75, 3.05) is 24.5 Å². The van der Waals surface area contributed by atoms with Crippen LogP contribution < -0.4 is 10.2 Å². The highest BCUT2D eigenvalue weighted by Gasteiger charge is 2.25. The molecule has 0 bridgehead atoms. The number of hydrogen-bond donors (Lipinski definition) is 1. The second-order valence-electron chi connectivity index (χ2n) is 7.20. The van der Waals surface area contributed by atoms with Gasteiger partial charge in [-0.1, -0.05) is 12.1 Å². The molecule has 24 heavy (non-hydrogen) atoms. The Balaban J connectivity index is 1.55. The summed E-state index contributed by atoms with van der Waals surface area (Å²) in [5, 5.41) is 2.86. The molecule has 0 radical (unpaired) electrons. The summed E-state index contributed by atoms with van der Waals surface area (Å²) in [6.07, 6.45) is 2.49. The van der Waals surface area contributed by atoms with E-state index < -0.39 is 5.60 Å². The Morgan fingerprint density at radius 1 is 1.33 bits per heavy atom. The summed E-state index contributed by atoms with van der Waals surface area (Å²) in [5.41, 5.74) is 1.35. The first-order valence-electron chi connectivity index (χ1n) is 8.34. The maximum absolute atomic E-state index is 11.7. The number of amides is 1. The van der Waals surface area contributed by atoms with Crippen LogP contribution in [0.2, 0.25) is 0 Å². The van der Waals surface area contributed by atoms with E-state index in [-0.39, 0.29) is 6.09 Å². The highest BCUT2D eigenvalue weighted by Crippen LogP contribution is 2.23. The Labute approximate surface area is 142 Å². The molecule has 128 valence electrons. The smallest absolute Gasteiger partial charge is 0.407 e. The molecule has 1 saturated heterocycles. The van der Waals surface area contributed by atoms with Gasteiger partial charge < -0.3 is 15.0 Å². The van der Waals surface area contributed by atoms with Crippen molar-refractivity contribution in [1.82, 2.24) is 15.3 Å². The molecule has 6 nitrogen and oxygen atoms in total. The fraction of sp³-hybridized carbons (Fsp3) is 0.500. The van der Waals surface area contributed by atoms with Crippen LogP contribution in [0.4, 0.5) is 10.6 Å². The van der Waals surface area contributed by atoms with E-state index in [1.807, 2.05) is 51.2 Å². The molecule has 1 aromatic carbocycles. The van der Waals surface area contributed by atoms with Crippen LogP contribution in [-0.4, -0.2) is 41.3 Å². The third-order valence-electron chi connectivity index (χ3n) is 3.98. The zero-order chi connectivity index (χ0) is 17.2. The summed E-state index contributed by atoms with van der Waals surface area (Å²) >= 11 is 0. The van der Waals surface area contributed by atoms with Gasteiger partial charge in [0.1, 0.15) is 11.4 Å². The first-order chi connectivity index (χ1) is 11.4. The predicted octanol–water partition coefficient (Wildman–Crippen LogP) is 2.98. The number of anilines is 1. The molecular formula is C18H24N4O2. The average Bonchev–Trinajstić information content (AvgIpc) is 3.00. The van der Waals surface area contributed by atoms with Crippen molar-refractivity contribution >= 4 is 22.9 Å². The third-order valence-corrected chi connectivity index (χ3v) is 3.98. The molecule has 6 heteroatoms. The van der Waals surface area contributed by atoms with Crippen molar-refractivity contribution in [3.63, 3.8) is 0 Å². The minimum Gasteiger partial charge on any atom is -0.444 e. The van der Waals surface area contributed by atoms with Crippen LogP contribution >= 0.6 is 0 Å². The number of ether oxygens (including phenoxy) is 1. The van der Waals surface area contributed by atoms with E-state index in [9.17, 15) is 4.79 Å². The van der Waals surface area contributed by atoms with E-state index in [0.717, 1.165) is 36.4 Å². The van der Waals surface area contributed by atoms with E-state index in [1.54, 1.807) is 0 Å². The van der Waals surface area contributed by atoms with Gasteiger partial charge in [0.25, 0.3) is 0 Å². The summed E-state index contributed by atoms with van der Waals surface area (Å²) in [6, 6.07) is 7.87. The van der Waals surface area contributed by atoms with Crippen molar-refractivity contribution in [1.29, 1.82) is 0 Å². The predicted molar refractivity (Wildman–Crippen MR) is 94.1 cm³/mol. The summed E-state index contributed by atoms with van der Waals surface area (Å²) in [7, 11) is 0. The Morgan fingerprint density at radius 2 is 2.08 bits per heavy atom. The number of benzene rings is 1. The van der Waals surface area contributed by atoms with Gasteiger partial charge in [-0.2, -0.15) is 0 Å². The number of para-hydroxylation sites is 2. The van der Waals surface area contributed by atoms with Gasteiger partial charge in [-0.3, -0.25) is 4.98 Å². The monoisotopic (exact) mass is 328 g/mol. The lowest BCUT2D eigenvalue weighted by Gasteiger charge is -2.21. The normalized spacial score (nSPS) is 18.0. The van der Waals surface area contributed by atoms with Gasteiger partial charge in [0.15, 0.2) is 0 Å². The number of nitrogens with zero attached hydrogens (tertiary/aromatic N) is 3. The maximum atomic E-state index is 11.7. The number of carbonyl (C=O) groups is 1. The topological polar surface area (TPSA) is 67.3 Å². The summed E-state index contributed by atoms with van der Waals surface area (Å²) in [5.74, 6) is 1.29. The number of carbonyl (C=O) groups excluding carboxylic acids is 1. The second kappa shape index (κ2) is 6.63. The van der Waals surface area contributed by atoms with E-state index in [0.29, 0.717) is 12.5 Å². The van der Waals surface area contributed by atoms with Gasteiger partial charge in [0.05, 0.1) is 17.2 Å². The molecule has 0 unspecified atom stereocenters. The highest BCUT2D eigenvalue weighted by atomic mass is 16.6. The Morgan fingerprint density at radius 3 is 2.83 bits per heavy atom. The van der Waals surface area contributed by atoms with Crippen LogP contribution in [0, 0.1) is 5.92 Å². The molecular weight excluding hydrogens is 304 g/mol. The molecule has 0 aliphatic carbocycles. The lowest BCUT2D eigenvalue weighted by Crippen LogP contribution is -2.36. The number of hydrogen-bond acceptors (Lipinski definition) is 5. The summed E-state index contributed by atoms with van der Waals surface area (Å²) < 4.78 is 5.27. The van der Waals surface area contributed by atoms with E-state index >= 15 is 0 Å². The van der Waals surface area contributed by atoms with Crippen molar-refractivity contribution in [3.8, 4) is 0 Å². The van der Waals surface area contributed by atoms with Crippen molar-refractivity contribution in [2.45, 2.75) is 32.8 Å². The van der Waals surface area contributed by atoms with Gasteiger partial charge in [0.2, 0.25) is 0 Å². The Bertz CT molecular complexity index is 726. The quantitative estimate of drug-likeness (QED) is 0.938. The number of nitrogens with one attached hydrogen (secondary N) is 1. The molecule has 0 spiro atoms. The third kappa shape index (κ3) is 4.13. The molecule has 1 aromatic heterocycles. The van der Waals surface area contributed by atoms with Crippen molar-refractivity contribution in [3.05, 3.63) is 30.5 Å². The van der Waals surface area contributed by atoms with Gasteiger partial charge >= 0.3 is 6.09 Å². The first-order valence-corrected chi connectivity index (χ1v) is 8.34. The van der Waals surface area contributed by atoms with Crippen LogP contribution in [0.25, 0.3) is 11.0 Å². The highest BCUT2D eigenvalue weighted by molar-refractivity contribution is 5.75. The minimum absolute atomic E-state index is 0.355. The number of fused-ring (bicyclic) bond motifs is 1. The van der Waals surface area contributed by atoms with Gasteiger partial charge in [0, 0.05) is 19.6 Å². The molecule has 1 N–H and O–H groups in total. The number of aromatic nitrogens is 2. The largest absolute Gasteiger partial charge is 0.444 e. The molecule has 1 fully saturated rings. The fourth-order valence-corrected chi connectivity index (χ4v) is 2.85. The zero-order valence-electron chi connectivity index (χ0n) is 14.5. The zero-order valence-corrected chi connectivity index (χ0v) is 14.5. The second-order valence-corrected chi connectivity index (χ2v) is 7.20. The van der Waals surface area contributed by atoms with Crippen LogP contribution in [0.5, 0.6) is 0 Å². The average molecular weight is 328 g/mol. The lowest BCUT2D eigenvalue weighted by molar-refractivity contribution is 0.0520. The van der Waals surface area contributed by atoms with Crippen LogP contribution in [0.15, 0.2) is 30.5 Å². The van der Waals surface area contributed by atoms with Gasteiger partial charge in [-0.15, -0.1) is 0 Å². The molecule has 2 heterocycles. The SMILES string of the molecule is CC(C)(C)OC(=O)NC[C@@H]1CCN(c2cnc3ccccc3n2)C1. The van der Waals surface area contributed by atoms with Crippen LogP contribution in [0.1, 0.15) is 27.2 Å². The number of rotatable bonds is 3. The van der Waals surface area contributed by atoms with Crippen LogP contribution in [0.3, 0.4) is 0 Å². The van der Waals surface area contributed by atoms with E-state index in [1.165, 1.54) is 0 Å². The van der Waals surface area contributed by atoms with Crippen molar-refractivity contribution in [2.24, 2.45) is 5.92 Å². The van der Waals surface area contributed by atoms with Crippen LogP contribution in [-0.2, 0) is 4.74 Å². The maximum Gasteiger partial charge on any atom is 0.407 e. The minimum atomic E-state index is -0.466. The summed E-state index contributed by atoms with van der Waals surface area (Å²) in [6.45, 7) is 8.00. The Kier molecular flexibility index (Phi) is 4.55. The first kappa shape index (κ1) is 16.5. The molecule has 1 aliphatic rings. The van der Waals surface area contributed by atoms with E-state index in [2.05, 4.69) is 20.2 Å². The fourth-order valence-electron chi connectivity index (χ4n) is 2.85. The Hall–Kier alpha value is -2.37. The number of alkyl carbamates (subject to hydrolysis) is 1. The molecule has 0 saturated carbocycles. The van der Waals surface area contributed by atoms with E-state index in [4.69, 9.17) is 4.74 Å². The molecule has 1 amide bonds. The molecule has 2 aromatic rings. The molecule has 3 rings (SSSR count).